The van der Waals surface area contributed by atoms with Gasteiger partial charge in [-0.15, -0.1) is 0 Å². The van der Waals surface area contributed by atoms with Crippen molar-refractivity contribution in [3.05, 3.63) is 94.5 Å². The van der Waals surface area contributed by atoms with Crippen LogP contribution in [0.15, 0.2) is 66.7 Å². The molecule has 1 unspecified atom stereocenters. The van der Waals surface area contributed by atoms with E-state index in [-0.39, 0.29) is 5.91 Å². The lowest BCUT2D eigenvalue weighted by Gasteiger charge is -2.42. The van der Waals surface area contributed by atoms with Gasteiger partial charge in [-0.3, -0.25) is 4.79 Å². The highest BCUT2D eigenvalue weighted by Gasteiger charge is 2.27. The number of amides is 2. The first-order valence-corrected chi connectivity index (χ1v) is 15.0. The van der Waals surface area contributed by atoms with Gasteiger partial charge < -0.3 is 24.8 Å². The number of nitrogens with one attached hydrogen (secondary N) is 1. The Morgan fingerprint density at radius 3 is 2.30 bits per heavy atom. The minimum Gasteiger partial charge on any atom is -0.410 e. The number of piperidine rings is 1. The van der Waals surface area contributed by atoms with Crippen molar-refractivity contribution < 1.29 is 14.3 Å². The minimum absolute atomic E-state index is 0.000108. The predicted molar refractivity (Wildman–Crippen MR) is 170 cm³/mol. The lowest BCUT2D eigenvalue weighted by atomic mass is 9.99. The fraction of sp³-hybridized carbons (Fsp3) is 0.400. The number of anilines is 1. The lowest BCUT2D eigenvalue weighted by Crippen LogP contribution is -2.48. The third kappa shape index (κ3) is 8.36. The van der Waals surface area contributed by atoms with Gasteiger partial charge in [0.1, 0.15) is 5.75 Å². The molecule has 0 spiro atoms. The predicted octanol–water partition coefficient (Wildman–Crippen LogP) is 5.92. The van der Waals surface area contributed by atoms with Gasteiger partial charge in [0, 0.05) is 63.6 Å². The monoisotopic (exact) mass is 581 g/mol. The third-order valence-corrected chi connectivity index (χ3v) is 8.27. The first-order valence-electron chi connectivity index (χ1n) is 15.0. The second kappa shape index (κ2) is 14.7. The third-order valence-electron chi connectivity index (χ3n) is 8.27. The second-order valence-electron chi connectivity index (χ2n) is 11.6. The number of ether oxygens (including phenoxy) is 1. The number of carbonyl (C=O) groups is 2. The van der Waals surface area contributed by atoms with E-state index in [1.165, 1.54) is 4.90 Å². The van der Waals surface area contributed by atoms with Crippen LogP contribution in [0.4, 0.5) is 10.5 Å². The number of hydrogen-bond acceptors (Lipinski definition) is 6. The topological polar surface area (TPSA) is 88.9 Å². The zero-order valence-electron chi connectivity index (χ0n) is 26.0. The Morgan fingerprint density at radius 1 is 1.02 bits per heavy atom. The SMILES string of the molecule is Cc1cccc(C)c1C(=O)NCCC(C)N1CCC(N(Cc2cccc(C#N)c2)c2ccc(OC(=O)N(C)C)cc2)CC1. The molecule has 3 aromatic carbocycles. The van der Waals surface area contributed by atoms with Gasteiger partial charge in [0.15, 0.2) is 0 Å². The van der Waals surface area contributed by atoms with Gasteiger partial charge >= 0.3 is 6.09 Å². The van der Waals surface area contributed by atoms with Gasteiger partial charge in [0.2, 0.25) is 0 Å². The van der Waals surface area contributed by atoms with Crippen LogP contribution in [0.2, 0.25) is 0 Å². The Bertz CT molecular complexity index is 1420. The molecular formula is C35H43N5O3. The van der Waals surface area contributed by atoms with Crippen molar-refractivity contribution in [3.8, 4) is 11.8 Å². The Kier molecular flexibility index (Phi) is 10.8. The van der Waals surface area contributed by atoms with E-state index in [4.69, 9.17) is 4.74 Å². The average Bonchev–Trinajstić information content (AvgIpc) is 3.00. The van der Waals surface area contributed by atoms with Gasteiger partial charge in [-0.2, -0.15) is 5.26 Å². The maximum absolute atomic E-state index is 12.8. The lowest BCUT2D eigenvalue weighted by molar-refractivity contribution is 0.0943. The van der Waals surface area contributed by atoms with Crippen LogP contribution in [0, 0.1) is 25.2 Å². The van der Waals surface area contributed by atoms with E-state index in [1.54, 1.807) is 14.1 Å². The van der Waals surface area contributed by atoms with Crippen molar-refractivity contribution in [3.63, 3.8) is 0 Å². The van der Waals surface area contributed by atoms with E-state index in [9.17, 15) is 14.9 Å². The first kappa shape index (κ1) is 31.6. The van der Waals surface area contributed by atoms with Gasteiger partial charge in [0.25, 0.3) is 5.91 Å². The molecular weight excluding hydrogens is 538 g/mol. The molecule has 0 saturated carbocycles. The van der Waals surface area contributed by atoms with Crippen LogP contribution in [0.25, 0.3) is 0 Å². The molecule has 3 aromatic rings. The molecule has 1 heterocycles. The summed E-state index contributed by atoms with van der Waals surface area (Å²) < 4.78 is 5.43. The van der Waals surface area contributed by atoms with E-state index in [0.717, 1.165) is 60.3 Å². The second-order valence-corrected chi connectivity index (χ2v) is 11.6. The maximum atomic E-state index is 12.8. The van der Waals surface area contributed by atoms with Crippen LogP contribution >= 0.6 is 0 Å². The molecule has 1 atom stereocenters. The molecule has 8 heteroatoms. The number of hydrogen-bond donors (Lipinski definition) is 1. The molecule has 8 nitrogen and oxygen atoms in total. The average molecular weight is 582 g/mol. The van der Waals surface area contributed by atoms with E-state index in [1.807, 2.05) is 74.5 Å². The molecule has 1 fully saturated rings. The molecule has 0 aromatic heterocycles. The summed E-state index contributed by atoms with van der Waals surface area (Å²) in [6.07, 6.45) is 2.46. The summed E-state index contributed by atoms with van der Waals surface area (Å²) in [5.41, 5.74) is 5.56. The zero-order chi connectivity index (χ0) is 30.9. The highest BCUT2D eigenvalue weighted by molar-refractivity contribution is 5.97. The quantitative estimate of drug-likeness (QED) is 0.320. The Morgan fingerprint density at radius 2 is 1.67 bits per heavy atom. The number of benzene rings is 3. The van der Waals surface area contributed by atoms with Gasteiger partial charge in [-0.25, -0.2) is 4.79 Å². The summed E-state index contributed by atoms with van der Waals surface area (Å²) in [5.74, 6) is 0.502. The molecule has 1 aliphatic heterocycles. The van der Waals surface area contributed by atoms with E-state index >= 15 is 0 Å². The van der Waals surface area contributed by atoms with Crippen molar-refractivity contribution in [2.45, 2.75) is 58.7 Å². The van der Waals surface area contributed by atoms with Crippen molar-refractivity contribution in [1.29, 1.82) is 5.26 Å². The molecule has 226 valence electrons. The van der Waals surface area contributed by atoms with Gasteiger partial charge in [-0.1, -0.05) is 30.3 Å². The highest BCUT2D eigenvalue weighted by Crippen LogP contribution is 2.29. The number of likely N-dealkylation sites (tertiary alicyclic amines) is 1. The highest BCUT2D eigenvalue weighted by atomic mass is 16.6. The largest absolute Gasteiger partial charge is 0.414 e. The van der Waals surface area contributed by atoms with Gasteiger partial charge in [-0.05, 0) is 93.1 Å². The van der Waals surface area contributed by atoms with E-state index in [2.05, 4.69) is 34.2 Å². The van der Waals surface area contributed by atoms with Gasteiger partial charge in [0.05, 0.1) is 11.6 Å². The van der Waals surface area contributed by atoms with Crippen LogP contribution in [0.1, 0.15) is 58.8 Å². The molecule has 2 amide bonds. The van der Waals surface area contributed by atoms with Crippen molar-refractivity contribution in [1.82, 2.24) is 15.1 Å². The number of aryl methyl sites for hydroxylation is 2. The number of nitrogens with zero attached hydrogens (tertiary/aromatic N) is 4. The van der Waals surface area contributed by atoms with Crippen LogP contribution in [0.3, 0.4) is 0 Å². The molecule has 1 saturated heterocycles. The van der Waals surface area contributed by atoms with Crippen molar-refractivity contribution in [2.75, 3.05) is 38.6 Å². The normalized spacial score (nSPS) is 14.4. The van der Waals surface area contributed by atoms with Crippen molar-refractivity contribution in [2.24, 2.45) is 0 Å². The summed E-state index contributed by atoms with van der Waals surface area (Å²) in [5, 5.41) is 12.5. The Balaban J connectivity index is 1.38. The number of nitriles is 1. The molecule has 0 radical (unpaired) electrons. The summed E-state index contributed by atoms with van der Waals surface area (Å²) >= 11 is 0. The maximum Gasteiger partial charge on any atom is 0.414 e. The molecule has 0 aliphatic carbocycles. The van der Waals surface area contributed by atoms with Crippen molar-refractivity contribution >= 4 is 17.7 Å². The summed E-state index contributed by atoms with van der Waals surface area (Å²) in [4.78, 5) is 31.1. The fourth-order valence-corrected chi connectivity index (χ4v) is 5.74. The number of rotatable bonds is 10. The molecule has 1 aliphatic rings. The fourth-order valence-electron chi connectivity index (χ4n) is 5.74. The van der Waals surface area contributed by atoms with Crippen LogP contribution in [-0.4, -0.2) is 67.6 Å². The molecule has 0 bridgehead atoms. The molecule has 4 rings (SSSR count). The van der Waals surface area contributed by atoms with E-state index in [0.29, 0.717) is 36.5 Å². The summed E-state index contributed by atoms with van der Waals surface area (Å²) in [6, 6.07) is 24.3. The summed E-state index contributed by atoms with van der Waals surface area (Å²) in [7, 11) is 3.31. The van der Waals surface area contributed by atoms with E-state index < -0.39 is 6.09 Å². The zero-order valence-corrected chi connectivity index (χ0v) is 26.0. The standard InChI is InChI=1S/C35H43N5O3/c1-25-8-6-9-26(2)33(25)34(41)37-19-16-27(3)39-20-17-31(18-21-39)40(24-29-11-7-10-28(22-29)23-36)30-12-14-32(15-13-30)43-35(42)38(4)5/h6-15,22,27,31H,16-21,24H2,1-5H3,(H,37,41). The Hall–Kier alpha value is -4.35. The smallest absolute Gasteiger partial charge is 0.410 e. The number of carbonyl (C=O) groups excluding carboxylic acids is 2. The summed E-state index contributed by atoms with van der Waals surface area (Å²) in [6.45, 7) is 9.44. The first-order chi connectivity index (χ1) is 20.7. The minimum atomic E-state index is -0.413. The molecule has 43 heavy (non-hydrogen) atoms. The Labute approximate surface area is 255 Å². The van der Waals surface area contributed by atoms with Crippen LogP contribution in [-0.2, 0) is 6.54 Å². The van der Waals surface area contributed by atoms with Crippen LogP contribution in [0.5, 0.6) is 5.75 Å². The molecule has 1 N–H and O–H groups in total. The van der Waals surface area contributed by atoms with Crippen LogP contribution < -0.4 is 15.0 Å².